The predicted octanol–water partition coefficient (Wildman–Crippen LogP) is 2.31. The molecular weight excluding hydrogens is 361 g/mol. The topological polar surface area (TPSA) is 66.6 Å². The van der Waals surface area contributed by atoms with Crippen LogP contribution in [0.3, 0.4) is 0 Å². The second-order valence-electron chi connectivity index (χ2n) is 7.22. The Kier molecular flexibility index (Phi) is 5.28. The zero-order chi connectivity index (χ0) is 16.8. The van der Waals surface area contributed by atoms with E-state index in [0.29, 0.717) is 36.4 Å². The fraction of sp³-hybridized carbons (Fsp3) is 0.556. The van der Waals surface area contributed by atoms with Gasteiger partial charge in [0.1, 0.15) is 5.92 Å². The molecule has 2 aliphatic heterocycles. The maximum atomic E-state index is 12.9. The monoisotopic (exact) mass is 383 g/mol. The van der Waals surface area contributed by atoms with Gasteiger partial charge in [-0.15, -0.1) is 12.4 Å². The van der Waals surface area contributed by atoms with Crippen molar-refractivity contribution in [2.75, 3.05) is 24.5 Å². The van der Waals surface area contributed by atoms with Crippen molar-refractivity contribution in [1.29, 1.82) is 0 Å². The summed E-state index contributed by atoms with van der Waals surface area (Å²) in [5.41, 5.74) is 6.92. The number of hydrogen-bond donors (Lipinski definition) is 1. The standard InChI is InChI=1S/C18H22ClN3O2.ClH/c19-12-2-1-3-13(8-12)22-7-6-14(18(22)24)17(23)21-9-11-4-5-16(20)15(11)10-21;/h1-3,8,11,14-16H,4-7,9-10,20H2;1H. The van der Waals surface area contributed by atoms with Gasteiger partial charge in [0.05, 0.1) is 0 Å². The molecule has 3 aliphatic rings. The SMILES string of the molecule is Cl.NC1CCC2CN(C(=O)C3CCN(c4cccc(Cl)c4)C3=O)CC12. The van der Waals surface area contributed by atoms with Crippen LogP contribution in [0.2, 0.25) is 5.02 Å². The van der Waals surface area contributed by atoms with E-state index in [1.165, 1.54) is 0 Å². The number of nitrogens with zero attached hydrogens (tertiary/aromatic N) is 2. The Labute approximate surface area is 158 Å². The molecule has 1 saturated carbocycles. The largest absolute Gasteiger partial charge is 0.341 e. The molecule has 4 unspecified atom stereocenters. The van der Waals surface area contributed by atoms with Crippen molar-refractivity contribution in [3.05, 3.63) is 29.3 Å². The highest BCUT2D eigenvalue weighted by atomic mass is 35.5. The molecule has 0 radical (unpaired) electrons. The van der Waals surface area contributed by atoms with E-state index in [4.69, 9.17) is 17.3 Å². The number of carbonyl (C=O) groups excluding carboxylic acids is 2. The van der Waals surface area contributed by atoms with Crippen LogP contribution in [0.25, 0.3) is 0 Å². The van der Waals surface area contributed by atoms with Gasteiger partial charge in [-0.2, -0.15) is 0 Å². The average molecular weight is 384 g/mol. The maximum absolute atomic E-state index is 12.9. The minimum Gasteiger partial charge on any atom is -0.341 e. The van der Waals surface area contributed by atoms with Gasteiger partial charge in [-0.1, -0.05) is 17.7 Å². The molecule has 0 spiro atoms. The van der Waals surface area contributed by atoms with Gasteiger partial charge in [0.2, 0.25) is 11.8 Å². The first kappa shape index (κ1) is 18.5. The lowest BCUT2D eigenvalue weighted by molar-refractivity contribution is -0.139. The van der Waals surface area contributed by atoms with Gasteiger partial charge in [0.25, 0.3) is 0 Å². The van der Waals surface area contributed by atoms with Gasteiger partial charge in [0.15, 0.2) is 0 Å². The minimum absolute atomic E-state index is 0. The summed E-state index contributed by atoms with van der Waals surface area (Å²) < 4.78 is 0. The second-order valence-corrected chi connectivity index (χ2v) is 7.66. The van der Waals surface area contributed by atoms with Crippen molar-refractivity contribution in [2.24, 2.45) is 23.5 Å². The minimum atomic E-state index is -0.556. The lowest BCUT2D eigenvalue weighted by Gasteiger charge is -2.22. The Hall–Kier alpha value is -1.30. The third-order valence-corrected chi connectivity index (χ3v) is 6.08. The number of carbonyl (C=O) groups is 2. The molecule has 2 N–H and O–H groups in total. The Bertz CT molecular complexity index is 684. The van der Waals surface area contributed by atoms with E-state index >= 15 is 0 Å². The van der Waals surface area contributed by atoms with Crippen molar-refractivity contribution in [3.8, 4) is 0 Å². The summed E-state index contributed by atoms with van der Waals surface area (Å²) in [7, 11) is 0. The van der Waals surface area contributed by atoms with Gasteiger partial charge in [0, 0.05) is 36.4 Å². The van der Waals surface area contributed by atoms with E-state index < -0.39 is 5.92 Å². The molecule has 0 aromatic heterocycles. The molecule has 136 valence electrons. The van der Waals surface area contributed by atoms with Gasteiger partial charge >= 0.3 is 0 Å². The zero-order valence-electron chi connectivity index (χ0n) is 13.9. The lowest BCUT2D eigenvalue weighted by Crippen LogP contribution is -2.40. The van der Waals surface area contributed by atoms with Crippen LogP contribution in [0.5, 0.6) is 0 Å². The summed E-state index contributed by atoms with van der Waals surface area (Å²) in [5, 5.41) is 0.594. The molecule has 2 heterocycles. The maximum Gasteiger partial charge on any atom is 0.239 e. The predicted molar refractivity (Wildman–Crippen MR) is 99.9 cm³/mol. The van der Waals surface area contributed by atoms with Crippen molar-refractivity contribution in [3.63, 3.8) is 0 Å². The van der Waals surface area contributed by atoms with Crippen molar-refractivity contribution in [2.45, 2.75) is 25.3 Å². The normalized spacial score (nSPS) is 31.2. The Balaban J connectivity index is 0.00000182. The van der Waals surface area contributed by atoms with Crippen LogP contribution >= 0.6 is 24.0 Å². The number of fused-ring (bicyclic) bond motifs is 1. The molecule has 1 aromatic carbocycles. The highest BCUT2D eigenvalue weighted by Crippen LogP contribution is 2.38. The Morgan fingerprint density at radius 2 is 2.00 bits per heavy atom. The highest BCUT2D eigenvalue weighted by molar-refractivity contribution is 6.31. The first-order valence-electron chi connectivity index (χ1n) is 8.66. The number of anilines is 1. The van der Waals surface area contributed by atoms with E-state index in [-0.39, 0.29) is 30.3 Å². The molecule has 4 rings (SSSR count). The fourth-order valence-corrected chi connectivity index (χ4v) is 4.70. The number of rotatable bonds is 2. The van der Waals surface area contributed by atoms with Gasteiger partial charge in [-0.25, -0.2) is 0 Å². The lowest BCUT2D eigenvalue weighted by atomic mass is 9.98. The summed E-state index contributed by atoms with van der Waals surface area (Å²) in [6.07, 6.45) is 2.73. The van der Waals surface area contributed by atoms with E-state index in [1.54, 1.807) is 17.0 Å². The summed E-state index contributed by atoms with van der Waals surface area (Å²) in [5.74, 6) is 0.243. The molecule has 3 fully saturated rings. The highest BCUT2D eigenvalue weighted by Gasteiger charge is 2.46. The first-order valence-corrected chi connectivity index (χ1v) is 9.03. The Morgan fingerprint density at radius 1 is 1.20 bits per heavy atom. The molecule has 25 heavy (non-hydrogen) atoms. The van der Waals surface area contributed by atoms with E-state index in [2.05, 4.69) is 0 Å². The number of benzene rings is 1. The van der Waals surface area contributed by atoms with Crippen molar-refractivity contribution >= 4 is 41.5 Å². The second kappa shape index (κ2) is 7.14. The average Bonchev–Trinajstić information content (AvgIpc) is 3.23. The summed E-state index contributed by atoms with van der Waals surface area (Å²) in [4.78, 5) is 29.1. The van der Waals surface area contributed by atoms with Crippen molar-refractivity contribution in [1.82, 2.24) is 4.90 Å². The number of nitrogens with two attached hydrogens (primary N) is 1. The molecule has 2 amide bonds. The first-order chi connectivity index (χ1) is 11.5. The molecule has 7 heteroatoms. The summed E-state index contributed by atoms with van der Waals surface area (Å²) >= 11 is 6.02. The van der Waals surface area contributed by atoms with Crippen LogP contribution in [0.4, 0.5) is 5.69 Å². The quantitative estimate of drug-likeness (QED) is 0.796. The number of hydrogen-bond acceptors (Lipinski definition) is 3. The third-order valence-electron chi connectivity index (χ3n) is 5.85. The van der Waals surface area contributed by atoms with Crippen LogP contribution in [0.1, 0.15) is 19.3 Å². The number of halogens is 2. The van der Waals surface area contributed by atoms with Crippen LogP contribution in [0.15, 0.2) is 24.3 Å². The van der Waals surface area contributed by atoms with Gasteiger partial charge < -0.3 is 15.5 Å². The molecule has 4 atom stereocenters. The number of amides is 2. The molecule has 2 saturated heterocycles. The zero-order valence-corrected chi connectivity index (χ0v) is 15.5. The summed E-state index contributed by atoms with van der Waals surface area (Å²) in [6, 6.07) is 7.43. The van der Waals surface area contributed by atoms with E-state index in [0.717, 1.165) is 25.1 Å². The van der Waals surface area contributed by atoms with Crippen LogP contribution in [0, 0.1) is 17.8 Å². The third kappa shape index (κ3) is 3.25. The van der Waals surface area contributed by atoms with Crippen LogP contribution in [-0.4, -0.2) is 42.4 Å². The smallest absolute Gasteiger partial charge is 0.239 e. The molecule has 5 nitrogen and oxygen atoms in total. The molecule has 1 aromatic rings. The molecule has 1 aliphatic carbocycles. The van der Waals surface area contributed by atoms with E-state index in [1.807, 2.05) is 17.0 Å². The fourth-order valence-electron chi connectivity index (χ4n) is 4.52. The van der Waals surface area contributed by atoms with Crippen molar-refractivity contribution < 1.29 is 9.59 Å². The van der Waals surface area contributed by atoms with Gasteiger partial charge in [-0.05, 0) is 49.3 Å². The molecular formula is C18H23Cl2N3O2. The van der Waals surface area contributed by atoms with Crippen LogP contribution < -0.4 is 10.6 Å². The Morgan fingerprint density at radius 3 is 2.72 bits per heavy atom. The van der Waals surface area contributed by atoms with E-state index in [9.17, 15) is 9.59 Å². The van der Waals surface area contributed by atoms with Crippen LogP contribution in [-0.2, 0) is 9.59 Å². The number of likely N-dealkylation sites (tertiary alicyclic amines) is 1. The van der Waals surface area contributed by atoms with Gasteiger partial charge in [-0.3, -0.25) is 9.59 Å². The summed E-state index contributed by atoms with van der Waals surface area (Å²) in [6.45, 7) is 2.04. The molecule has 0 bridgehead atoms.